The summed E-state index contributed by atoms with van der Waals surface area (Å²) in [6, 6.07) is 5.17. The molecule has 0 radical (unpaired) electrons. The van der Waals surface area contributed by atoms with Gasteiger partial charge in [0.25, 0.3) is 5.56 Å². The number of benzene rings is 1. The maximum atomic E-state index is 11.7. The molecule has 4 nitrogen and oxygen atoms in total. The van der Waals surface area contributed by atoms with Crippen LogP contribution in [0.1, 0.15) is 12.0 Å². The molecule has 0 bridgehead atoms. The Balaban J connectivity index is 2.47. The summed E-state index contributed by atoms with van der Waals surface area (Å²) in [7, 11) is 0. The molecule has 1 aromatic heterocycles. The molecular formula is C12H13Cl2N3O. The minimum Gasteiger partial charge on any atom is -0.330 e. The highest BCUT2D eigenvalue weighted by atomic mass is 35.5. The van der Waals surface area contributed by atoms with Crippen LogP contribution in [0.25, 0.3) is 11.3 Å². The van der Waals surface area contributed by atoms with Crippen LogP contribution in [-0.2, 0) is 6.42 Å². The van der Waals surface area contributed by atoms with E-state index in [1.165, 1.54) is 0 Å². The molecule has 0 spiro atoms. The number of hydrogen-bond donors (Lipinski definition) is 3. The molecule has 2 rings (SSSR count). The normalized spacial score (nSPS) is 10.8. The molecule has 0 unspecified atom stereocenters. The van der Waals surface area contributed by atoms with Crippen molar-refractivity contribution in [2.75, 3.05) is 6.54 Å². The summed E-state index contributed by atoms with van der Waals surface area (Å²) in [4.78, 5) is 11.7. The van der Waals surface area contributed by atoms with E-state index in [0.717, 1.165) is 12.0 Å². The van der Waals surface area contributed by atoms with Crippen LogP contribution < -0.4 is 11.3 Å². The van der Waals surface area contributed by atoms with Crippen molar-refractivity contribution in [2.24, 2.45) is 5.73 Å². The largest absolute Gasteiger partial charge is 0.330 e. The predicted molar refractivity (Wildman–Crippen MR) is 74.2 cm³/mol. The first-order valence-electron chi connectivity index (χ1n) is 5.58. The Kier molecular flexibility index (Phi) is 4.11. The van der Waals surface area contributed by atoms with Crippen LogP contribution in [0.5, 0.6) is 0 Å². The molecular weight excluding hydrogens is 273 g/mol. The molecule has 1 heterocycles. The first kappa shape index (κ1) is 13.2. The van der Waals surface area contributed by atoms with E-state index < -0.39 is 0 Å². The fourth-order valence-corrected chi connectivity index (χ4v) is 2.33. The molecule has 0 saturated carbocycles. The van der Waals surface area contributed by atoms with E-state index in [1.54, 1.807) is 18.2 Å². The number of aromatic amines is 2. The second-order valence-electron chi connectivity index (χ2n) is 3.95. The maximum Gasteiger partial charge on any atom is 0.267 e. The lowest BCUT2D eigenvalue weighted by atomic mass is 10.0. The third-order valence-corrected chi connectivity index (χ3v) is 3.26. The second-order valence-corrected chi connectivity index (χ2v) is 4.79. The van der Waals surface area contributed by atoms with E-state index >= 15 is 0 Å². The number of H-pyrrole nitrogens is 2. The Morgan fingerprint density at radius 2 is 2.00 bits per heavy atom. The van der Waals surface area contributed by atoms with Gasteiger partial charge in [-0.3, -0.25) is 15.0 Å². The van der Waals surface area contributed by atoms with Crippen LogP contribution in [0, 0.1) is 0 Å². The number of nitrogens with two attached hydrogens (primary N) is 1. The zero-order valence-electron chi connectivity index (χ0n) is 9.59. The lowest BCUT2D eigenvalue weighted by Crippen LogP contribution is -2.09. The van der Waals surface area contributed by atoms with E-state index in [2.05, 4.69) is 10.2 Å². The Morgan fingerprint density at radius 3 is 2.67 bits per heavy atom. The molecule has 0 fully saturated rings. The highest BCUT2D eigenvalue weighted by molar-refractivity contribution is 6.36. The van der Waals surface area contributed by atoms with Crippen molar-refractivity contribution in [1.82, 2.24) is 10.2 Å². The molecule has 0 atom stereocenters. The Labute approximate surface area is 114 Å². The van der Waals surface area contributed by atoms with Crippen molar-refractivity contribution < 1.29 is 0 Å². The summed E-state index contributed by atoms with van der Waals surface area (Å²) >= 11 is 12.0. The Hall–Kier alpha value is -1.23. The SMILES string of the molecule is NCCCc1c(-c2ccc(Cl)cc2Cl)[nH][nH]c1=O. The van der Waals surface area contributed by atoms with Crippen LogP contribution in [0.2, 0.25) is 10.0 Å². The van der Waals surface area contributed by atoms with E-state index in [4.69, 9.17) is 28.9 Å². The van der Waals surface area contributed by atoms with E-state index in [9.17, 15) is 4.79 Å². The predicted octanol–water partition coefficient (Wildman–Crippen LogP) is 2.57. The zero-order valence-corrected chi connectivity index (χ0v) is 11.1. The van der Waals surface area contributed by atoms with Gasteiger partial charge in [-0.05, 0) is 37.6 Å². The average molecular weight is 286 g/mol. The number of hydrogen-bond acceptors (Lipinski definition) is 2. The minimum absolute atomic E-state index is 0.135. The van der Waals surface area contributed by atoms with Gasteiger partial charge in [0.05, 0.1) is 10.7 Å². The molecule has 0 aliphatic carbocycles. The van der Waals surface area contributed by atoms with Crippen molar-refractivity contribution in [3.05, 3.63) is 44.2 Å². The van der Waals surface area contributed by atoms with Gasteiger partial charge in [-0.2, -0.15) is 0 Å². The summed E-state index contributed by atoms with van der Waals surface area (Å²) in [6.45, 7) is 0.540. The summed E-state index contributed by atoms with van der Waals surface area (Å²) in [5.74, 6) is 0. The first-order valence-corrected chi connectivity index (χ1v) is 6.34. The van der Waals surface area contributed by atoms with Crippen molar-refractivity contribution >= 4 is 23.2 Å². The van der Waals surface area contributed by atoms with E-state index in [1.807, 2.05) is 0 Å². The van der Waals surface area contributed by atoms with Gasteiger partial charge < -0.3 is 5.73 Å². The van der Waals surface area contributed by atoms with Gasteiger partial charge in [0.1, 0.15) is 0 Å². The van der Waals surface area contributed by atoms with Crippen molar-refractivity contribution in [3.63, 3.8) is 0 Å². The van der Waals surface area contributed by atoms with Crippen molar-refractivity contribution in [3.8, 4) is 11.3 Å². The molecule has 96 valence electrons. The number of nitrogens with one attached hydrogen (secondary N) is 2. The fraction of sp³-hybridized carbons (Fsp3) is 0.250. The van der Waals surface area contributed by atoms with E-state index in [0.29, 0.717) is 34.3 Å². The molecule has 2 aromatic rings. The molecule has 0 aliphatic heterocycles. The number of halogens is 2. The molecule has 0 amide bonds. The highest BCUT2D eigenvalue weighted by Crippen LogP contribution is 2.30. The van der Waals surface area contributed by atoms with Crippen LogP contribution in [0.4, 0.5) is 0 Å². The molecule has 18 heavy (non-hydrogen) atoms. The maximum absolute atomic E-state index is 11.7. The topological polar surface area (TPSA) is 74.7 Å². The molecule has 0 saturated heterocycles. The number of rotatable bonds is 4. The minimum atomic E-state index is -0.135. The summed E-state index contributed by atoms with van der Waals surface area (Å²) in [5.41, 5.74) is 7.46. The highest BCUT2D eigenvalue weighted by Gasteiger charge is 2.14. The zero-order chi connectivity index (χ0) is 13.1. The fourth-order valence-electron chi connectivity index (χ4n) is 1.82. The Morgan fingerprint density at radius 1 is 1.22 bits per heavy atom. The summed E-state index contributed by atoms with van der Waals surface area (Å²) in [5, 5.41) is 6.49. The van der Waals surface area contributed by atoms with Gasteiger partial charge in [-0.1, -0.05) is 23.2 Å². The first-order chi connectivity index (χ1) is 8.63. The van der Waals surface area contributed by atoms with Crippen LogP contribution in [0.3, 0.4) is 0 Å². The van der Waals surface area contributed by atoms with Gasteiger partial charge in [0.15, 0.2) is 0 Å². The monoisotopic (exact) mass is 285 g/mol. The molecule has 1 aromatic carbocycles. The van der Waals surface area contributed by atoms with Crippen LogP contribution in [0.15, 0.2) is 23.0 Å². The lowest BCUT2D eigenvalue weighted by Gasteiger charge is -2.05. The standard InChI is InChI=1S/C12H13Cl2N3O/c13-7-3-4-8(10(14)6-7)11-9(2-1-5-15)12(18)17-16-11/h3-4,6H,1-2,5,15H2,(H2,16,17,18). The summed E-state index contributed by atoms with van der Waals surface area (Å²) < 4.78 is 0. The smallest absolute Gasteiger partial charge is 0.267 e. The van der Waals surface area contributed by atoms with Gasteiger partial charge in [-0.15, -0.1) is 0 Å². The Bertz CT molecular complexity index is 604. The molecule has 6 heteroatoms. The third kappa shape index (κ3) is 2.61. The van der Waals surface area contributed by atoms with Crippen molar-refractivity contribution in [2.45, 2.75) is 12.8 Å². The van der Waals surface area contributed by atoms with E-state index in [-0.39, 0.29) is 5.56 Å². The second kappa shape index (κ2) is 5.61. The van der Waals surface area contributed by atoms with Crippen LogP contribution >= 0.6 is 23.2 Å². The number of aromatic nitrogens is 2. The van der Waals surface area contributed by atoms with Gasteiger partial charge >= 0.3 is 0 Å². The van der Waals surface area contributed by atoms with Gasteiger partial charge in [0.2, 0.25) is 0 Å². The molecule has 4 N–H and O–H groups in total. The van der Waals surface area contributed by atoms with Gasteiger partial charge in [-0.25, -0.2) is 0 Å². The quantitative estimate of drug-likeness (QED) is 0.808. The molecule has 0 aliphatic rings. The lowest BCUT2D eigenvalue weighted by molar-refractivity contribution is 0.829. The average Bonchev–Trinajstić information content (AvgIpc) is 2.68. The van der Waals surface area contributed by atoms with Gasteiger partial charge in [0, 0.05) is 16.1 Å². The van der Waals surface area contributed by atoms with Crippen molar-refractivity contribution in [1.29, 1.82) is 0 Å². The third-order valence-electron chi connectivity index (χ3n) is 2.71. The van der Waals surface area contributed by atoms with Crippen LogP contribution in [-0.4, -0.2) is 16.7 Å². The summed E-state index contributed by atoms with van der Waals surface area (Å²) in [6.07, 6.45) is 1.36.